The molecule has 1 aromatic carbocycles. The number of hydrogen-bond acceptors (Lipinski definition) is 3. The van der Waals surface area contributed by atoms with Gasteiger partial charge >= 0.3 is 0 Å². The van der Waals surface area contributed by atoms with Gasteiger partial charge in [0.05, 0.1) is 5.03 Å². The first-order valence-corrected chi connectivity index (χ1v) is 6.29. The summed E-state index contributed by atoms with van der Waals surface area (Å²) in [6, 6.07) is 10.5. The third-order valence-electron chi connectivity index (χ3n) is 2.40. The maximum absolute atomic E-state index is 13.1. The van der Waals surface area contributed by atoms with Gasteiger partial charge in [-0.3, -0.25) is 0 Å². The number of nitrogens with zero attached hydrogens (tertiary/aromatic N) is 1. The predicted octanol–water partition coefficient (Wildman–Crippen LogP) is 2.97. The molecule has 0 bridgehead atoms. The van der Waals surface area contributed by atoms with E-state index in [9.17, 15) is 4.39 Å². The van der Waals surface area contributed by atoms with E-state index in [-0.39, 0.29) is 5.82 Å². The molecule has 0 saturated heterocycles. The molecule has 4 heteroatoms. The fourth-order valence-corrected chi connectivity index (χ4v) is 2.39. The van der Waals surface area contributed by atoms with Gasteiger partial charge in [0.15, 0.2) is 0 Å². The monoisotopic (exact) mass is 248 g/mol. The number of benzene rings is 1. The minimum atomic E-state index is -0.223. The highest BCUT2D eigenvalue weighted by Crippen LogP contribution is 2.23. The Morgan fingerprint density at radius 3 is 2.76 bits per heavy atom. The summed E-state index contributed by atoms with van der Waals surface area (Å²) in [5, 5.41) is 0.930. The molecular formula is C13H13FN2S. The normalized spacial score (nSPS) is 10.5. The summed E-state index contributed by atoms with van der Waals surface area (Å²) in [5.41, 5.74) is 7.54. The number of rotatable bonds is 4. The van der Waals surface area contributed by atoms with Crippen LogP contribution in [0.15, 0.2) is 47.6 Å². The van der Waals surface area contributed by atoms with Crippen LogP contribution in [-0.2, 0) is 12.3 Å². The lowest BCUT2D eigenvalue weighted by atomic mass is 10.1. The maximum Gasteiger partial charge on any atom is 0.123 e. The highest BCUT2D eigenvalue weighted by molar-refractivity contribution is 7.98. The Kier molecular flexibility index (Phi) is 4.12. The standard InChI is InChI=1S/C13H13FN2S/c14-12-5-4-10(8-15)11(7-12)9-17-13-3-1-2-6-16-13/h1-7H,8-9,15H2. The van der Waals surface area contributed by atoms with Crippen LogP contribution < -0.4 is 5.73 Å². The minimum absolute atomic E-state index is 0.223. The van der Waals surface area contributed by atoms with Gasteiger partial charge in [-0.05, 0) is 35.4 Å². The molecule has 17 heavy (non-hydrogen) atoms. The number of hydrogen-bond donors (Lipinski definition) is 1. The molecule has 0 fully saturated rings. The van der Waals surface area contributed by atoms with Crippen molar-refractivity contribution in [1.29, 1.82) is 0 Å². The van der Waals surface area contributed by atoms with E-state index in [0.29, 0.717) is 12.3 Å². The van der Waals surface area contributed by atoms with Gasteiger partial charge in [-0.2, -0.15) is 0 Å². The van der Waals surface area contributed by atoms with Gasteiger partial charge in [0.1, 0.15) is 5.82 Å². The van der Waals surface area contributed by atoms with E-state index in [2.05, 4.69) is 4.98 Å². The van der Waals surface area contributed by atoms with Crippen molar-refractivity contribution < 1.29 is 4.39 Å². The first kappa shape index (κ1) is 12.1. The molecule has 0 amide bonds. The molecule has 0 aliphatic rings. The second kappa shape index (κ2) is 5.80. The van der Waals surface area contributed by atoms with Crippen molar-refractivity contribution in [3.05, 3.63) is 59.5 Å². The summed E-state index contributed by atoms with van der Waals surface area (Å²) >= 11 is 1.58. The number of nitrogens with two attached hydrogens (primary N) is 1. The van der Waals surface area contributed by atoms with E-state index in [1.807, 2.05) is 18.2 Å². The molecule has 2 nitrogen and oxygen atoms in total. The van der Waals surface area contributed by atoms with Crippen LogP contribution in [0.3, 0.4) is 0 Å². The fourth-order valence-electron chi connectivity index (χ4n) is 1.51. The first-order chi connectivity index (χ1) is 8.29. The Morgan fingerprint density at radius 1 is 1.18 bits per heavy atom. The largest absolute Gasteiger partial charge is 0.326 e. The van der Waals surface area contributed by atoms with Crippen LogP contribution in [0, 0.1) is 5.82 Å². The van der Waals surface area contributed by atoms with Crippen molar-refractivity contribution >= 4 is 11.8 Å². The molecule has 0 radical (unpaired) electrons. The lowest BCUT2D eigenvalue weighted by Gasteiger charge is -2.07. The number of halogens is 1. The van der Waals surface area contributed by atoms with E-state index in [1.165, 1.54) is 12.1 Å². The van der Waals surface area contributed by atoms with Gasteiger partial charge in [0, 0.05) is 18.5 Å². The third kappa shape index (κ3) is 3.28. The molecule has 0 spiro atoms. The maximum atomic E-state index is 13.1. The Morgan fingerprint density at radius 2 is 2.06 bits per heavy atom. The SMILES string of the molecule is NCc1ccc(F)cc1CSc1ccccn1. The molecule has 1 aromatic heterocycles. The van der Waals surface area contributed by atoms with Gasteiger partial charge in [-0.25, -0.2) is 9.37 Å². The molecule has 0 saturated carbocycles. The highest BCUT2D eigenvalue weighted by Gasteiger charge is 2.04. The smallest absolute Gasteiger partial charge is 0.123 e. The van der Waals surface area contributed by atoms with Crippen molar-refractivity contribution in [1.82, 2.24) is 4.98 Å². The van der Waals surface area contributed by atoms with E-state index in [4.69, 9.17) is 5.73 Å². The topological polar surface area (TPSA) is 38.9 Å². The highest BCUT2D eigenvalue weighted by atomic mass is 32.2. The van der Waals surface area contributed by atoms with Crippen molar-refractivity contribution in [2.45, 2.75) is 17.3 Å². The Hall–Kier alpha value is -1.39. The van der Waals surface area contributed by atoms with Gasteiger partial charge < -0.3 is 5.73 Å². The summed E-state index contributed by atoms with van der Waals surface area (Å²) in [6.45, 7) is 0.429. The van der Waals surface area contributed by atoms with Crippen LogP contribution in [0.25, 0.3) is 0 Å². The zero-order valence-corrected chi connectivity index (χ0v) is 10.1. The van der Waals surface area contributed by atoms with E-state index in [0.717, 1.165) is 16.2 Å². The second-order valence-corrected chi connectivity index (χ2v) is 4.57. The van der Waals surface area contributed by atoms with Crippen molar-refractivity contribution in [2.75, 3.05) is 0 Å². The molecule has 2 N–H and O–H groups in total. The summed E-state index contributed by atoms with van der Waals surface area (Å²) < 4.78 is 13.1. The van der Waals surface area contributed by atoms with Crippen LogP contribution in [0.1, 0.15) is 11.1 Å². The Labute approximate surface area is 104 Å². The lowest BCUT2D eigenvalue weighted by molar-refractivity contribution is 0.625. The zero-order valence-electron chi connectivity index (χ0n) is 9.27. The summed E-state index contributed by atoms with van der Waals surface area (Å²) in [6.07, 6.45) is 1.75. The molecule has 2 aromatic rings. The van der Waals surface area contributed by atoms with Gasteiger partial charge in [0.25, 0.3) is 0 Å². The quantitative estimate of drug-likeness (QED) is 0.845. The van der Waals surface area contributed by atoms with Crippen LogP contribution in [0.5, 0.6) is 0 Å². The van der Waals surface area contributed by atoms with Gasteiger partial charge in [0.2, 0.25) is 0 Å². The van der Waals surface area contributed by atoms with Gasteiger partial charge in [-0.15, -0.1) is 11.8 Å². The molecule has 0 unspecified atom stereocenters. The molecule has 1 heterocycles. The second-order valence-electron chi connectivity index (χ2n) is 3.57. The van der Waals surface area contributed by atoms with Crippen LogP contribution in [0.2, 0.25) is 0 Å². The zero-order chi connectivity index (χ0) is 12.1. The molecule has 88 valence electrons. The van der Waals surface area contributed by atoms with Crippen molar-refractivity contribution in [3.63, 3.8) is 0 Å². The molecular weight excluding hydrogens is 235 g/mol. The van der Waals surface area contributed by atoms with Crippen LogP contribution in [-0.4, -0.2) is 4.98 Å². The number of aromatic nitrogens is 1. The Balaban J connectivity index is 2.11. The summed E-state index contributed by atoms with van der Waals surface area (Å²) in [5.74, 6) is 0.459. The van der Waals surface area contributed by atoms with Gasteiger partial charge in [-0.1, -0.05) is 12.1 Å². The van der Waals surface area contributed by atoms with Crippen LogP contribution >= 0.6 is 11.8 Å². The number of pyridine rings is 1. The average Bonchev–Trinajstić information content (AvgIpc) is 2.38. The molecule has 0 atom stereocenters. The van der Waals surface area contributed by atoms with Crippen molar-refractivity contribution in [2.24, 2.45) is 5.73 Å². The van der Waals surface area contributed by atoms with E-state index < -0.39 is 0 Å². The minimum Gasteiger partial charge on any atom is -0.326 e. The molecule has 0 aliphatic heterocycles. The third-order valence-corrected chi connectivity index (χ3v) is 3.39. The Bertz CT molecular complexity index is 488. The molecule has 0 aliphatic carbocycles. The lowest BCUT2D eigenvalue weighted by Crippen LogP contribution is -2.01. The average molecular weight is 248 g/mol. The van der Waals surface area contributed by atoms with E-state index in [1.54, 1.807) is 24.0 Å². The summed E-state index contributed by atoms with van der Waals surface area (Å²) in [7, 11) is 0. The predicted molar refractivity (Wildman–Crippen MR) is 68.1 cm³/mol. The van der Waals surface area contributed by atoms with Crippen molar-refractivity contribution in [3.8, 4) is 0 Å². The van der Waals surface area contributed by atoms with E-state index >= 15 is 0 Å². The first-order valence-electron chi connectivity index (χ1n) is 5.31. The fraction of sp³-hybridized carbons (Fsp3) is 0.154. The van der Waals surface area contributed by atoms with Crippen LogP contribution in [0.4, 0.5) is 4.39 Å². The summed E-state index contributed by atoms with van der Waals surface area (Å²) in [4.78, 5) is 4.21. The number of thioether (sulfide) groups is 1. The molecule has 2 rings (SSSR count).